The number of hydrogen-bond acceptors (Lipinski definition) is 3. The Bertz CT molecular complexity index is 874. The first-order valence-corrected chi connectivity index (χ1v) is 15.1. The summed E-state index contributed by atoms with van der Waals surface area (Å²) in [6.07, 6.45) is 2.39. The standard InChI is InChI=1S/C25H34O2SSi/c1-24(2)21-16-15-19-20(23(21)27-25(3,28-24)29(4,5)6)13-10-14-22(19)26-17-18-11-8-7-9-12-18/h7-14,21,23H,15-17H2,1-6H3/t21-,23+,25-/m1/s1. The number of ether oxygens (including phenoxy) is 2. The Hall–Kier alpha value is -1.23. The molecule has 0 N–H and O–H groups in total. The molecule has 0 spiro atoms. The fraction of sp³-hybridized carbons (Fsp3) is 0.520. The molecule has 0 unspecified atom stereocenters. The van der Waals surface area contributed by atoms with Gasteiger partial charge < -0.3 is 9.47 Å². The van der Waals surface area contributed by atoms with E-state index in [4.69, 9.17) is 9.47 Å². The minimum absolute atomic E-state index is 0.0901. The molecule has 2 nitrogen and oxygen atoms in total. The van der Waals surface area contributed by atoms with Gasteiger partial charge in [-0.25, -0.2) is 0 Å². The van der Waals surface area contributed by atoms with Crippen molar-refractivity contribution in [3.05, 3.63) is 65.2 Å². The maximum Gasteiger partial charge on any atom is 0.123 e. The van der Waals surface area contributed by atoms with Crippen molar-refractivity contribution in [3.63, 3.8) is 0 Å². The van der Waals surface area contributed by atoms with Gasteiger partial charge in [0.15, 0.2) is 0 Å². The fourth-order valence-electron chi connectivity index (χ4n) is 4.69. The third-order valence-electron chi connectivity index (χ3n) is 6.85. The molecule has 2 aromatic rings. The molecule has 0 aromatic heterocycles. The number of hydrogen-bond donors (Lipinski definition) is 0. The van der Waals surface area contributed by atoms with Crippen molar-refractivity contribution in [2.75, 3.05) is 0 Å². The Balaban J connectivity index is 1.66. The lowest BCUT2D eigenvalue weighted by molar-refractivity contribution is -0.0531. The maximum absolute atomic E-state index is 6.99. The molecule has 1 saturated heterocycles. The molecule has 1 fully saturated rings. The molecule has 29 heavy (non-hydrogen) atoms. The number of thioether (sulfide) groups is 1. The molecule has 156 valence electrons. The molecule has 4 rings (SSSR count). The van der Waals surface area contributed by atoms with Crippen LogP contribution in [-0.2, 0) is 17.8 Å². The van der Waals surface area contributed by atoms with Crippen LogP contribution >= 0.6 is 11.8 Å². The van der Waals surface area contributed by atoms with E-state index < -0.39 is 8.07 Å². The third kappa shape index (κ3) is 3.91. The quantitative estimate of drug-likeness (QED) is 0.490. The number of benzene rings is 2. The lowest BCUT2D eigenvalue weighted by atomic mass is 9.75. The molecule has 0 bridgehead atoms. The molecule has 0 amide bonds. The second-order valence-corrected chi connectivity index (χ2v) is 18.0. The van der Waals surface area contributed by atoms with Crippen LogP contribution in [0.1, 0.15) is 50.0 Å². The van der Waals surface area contributed by atoms with E-state index in [-0.39, 0.29) is 15.4 Å². The first-order valence-electron chi connectivity index (χ1n) is 10.8. The first-order chi connectivity index (χ1) is 13.6. The van der Waals surface area contributed by atoms with Crippen molar-refractivity contribution in [3.8, 4) is 5.75 Å². The van der Waals surface area contributed by atoms with Gasteiger partial charge in [0, 0.05) is 10.7 Å². The normalized spacial score (nSPS) is 28.3. The molecular weight excluding hydrogens is 392 g/mol. The Labute approximate surface area is 181 Å². The van der Waals surface area contributed by atoms with Crippen molar-refractivity contribution >= 4 is 19.8 Å². The van der Waals surface area contributed by atoms with Gasteiger partial charge in [-0.2, -0.15) is 0 Å². The highest BCUT2D eigenvalue weighted by Gasteiger charge is 2.56. The predicted octanol–water partition coefficient (Wildman–Crippen LogP) is 7.00. The van der Waals surface area contributed by atoms with Gasteiger partial charge in [-0.3, -0.25) is 0 Å². The monoisotopic (exact) mass is 426 g/mol. The Kier molecular flexibility index (Phi) is 5.42. The van der Waals surface area contributed by atoms with E-state index in [1.165, 1.54) is 16.7 Å². The Morgan fingerprint density at radius 3 is 2.45 bits per heavy atom. The fourth-order valence-corrected chi connectivity index (χ4v) is 8.73. The summed E-state index contributed by atoms with van der Waals surface area (Å²) in [4.78, 5) is 0. The first kappa shape index (κ1) is 21.0. The smallest absolute Gasteiger partial charge is 0.123 e. The van der Waals surface area contributed by atoms with Crippen LogP contribution < -0.4 is 4.74 Å². The zero-order valence-corrected chi connectivity index (χ0v) is 20.4. The van der Waals surface area contributed by atoms with E-state index in [1.54, 1.807) is 0 Å². The summed E-state index contributed by atoms with van der Waals surface area (Å²) in [7, 11) is -1.53. The van der Waals surface area contributed by atoms with Crippen molar-refractivity contribution in [1.29, 1.82) is 0 Å². The van der Waals surface area contributed by atoms with E-state index in [9.17, 15) is 0 Å². The van der Waals surface area contributed by atoms with E-state index >= 15 is 0 Å². The highest BCUT2D eigenvalue weighted by atomic mass is 32.2. The second kappa shape index (κ2) is 7.47. The molecule has 1 aliphatic carbocycles. The molecule has 2 aliphatic rings. The highest BCUT2D eigenvalue weighted by molar-refractivity contribution is 8.03. The van der Waals surface area contributed by atoms with E-state index in [1.807, 2.05) is 6.07 Å². The van der Waals surface area contributed by atoms with Crippen LogP contribution in [0.5, 0.6) is 5.75 Å². The average molecular weight is 427 g/mol. The number of fused-ring (bicyclic) bond motifs is 3. The van der Waals surface area contributed by atoms with E-state index in [0.717, 1.165) is 18.6 Å². The second-order valence-electron chi connectivity index (χ2n) is 10.2. The molecule has 1 aliphatic heterocycles. The van der Waals surface area contributed by atoms with Crippen LogP contribution in [0.2, 0.25) is 19.6 Å². The molecule has 2 aromatic carbocycles. The van der Waals surface area contributed by atoms with Crippen molar-refractivity contribution in [1.82, 2.24) is 0 Å². The topological polar surface area (TPSA) is 18.5 Å². The van der Waals surface area contributed by atoms with Crippen LogP contribution in [0.3, 0.4) is 0 Å². The molecule has 0 radical (unpaired) electrons. The van der Waals surface area contributed by atoms with Gasteiger partial charge in [-0.15, -0.1) is 11.8 Å². The summed E-state index contributed by atoms with van der Waals surface area (Å²) in [6, 6.07) is 17.0. The van der Waals surface area contributed by atoms with Crippen molar-refractivity contribution in [2.24, 2.45) is 5.92 Å². The van der Waals surface area contributed by atoms with Crippen LogP contribution in [-0.4, -0.2) is 17.4 Å². The van der Waals surface area contributed by atoms with E-state index in [0.29, 0.717) is 12.5 Å². The zero-order valence-electron chi connectivity index (χ0n) is 18.6. The highest BCUT2D eigenvalue weighted by Crippen LogP contribution is 2.60. The summed E-state index contributed by atoms with van der Waals surface area (Å²) in [5.41, 5.74) is 3.91. The van der Waals surface area contributed by atoms with Crippen molar-refractivity contribution < 1.29 is 9.47 Å². The average Bonchev–Trinajstić information content (AvgIpc) is 2.65. The van der Waals surface area contributed by atoms with Gasteiger partial charge >= 0.3 is 0 Å². The summed E-state index contributed by atoms with van der Waals surface area (Å²) in [5, 5.41) is 0. The summed E-state index contributed by atoms with van der Waals surface area (Å²) < 4.78 is 13.4. The van der Waals surface area contributed by atoms with E-state index in [2.05, 4.69) is 94.6 Å². The minimum atomic E-state index is -1.53. The van der Waals surface area contributed by atoms with Crippen LogP contribution in [0, 0.1) is 5.92 Å². The van der Waals surface area contributed by atoms with Gasteiger partial charge in [0.25, 0.3) is 0 Å². The minimum Gasteiger partial charge on any atom is -0.489 e. The lowest BCUT2D eigenvalue weighted by Crippen LogP contribution is -2.58. The summed E-state index contributed by atoms with van der Waals surface area (Å²) in [6.45, 7) is 15.1. The molecular formula is C25H34O2SSi. The van der Waals surface area contributed by atoms with Gasteiger partial charge in [0.05, 0.1) is 18.7 Å². The van der Waals surface area contributed by atoms with Crippen molar-refractivity contribution in [2.45, 2.75) is 75.3 Å². The largest absolute Gasteiger partial charge is 0.489 e. The van der Waals surface area contributed by atoms with Gasteiger partial charge in [0.1, 0.15) is 12.4 Å². The third-order valence-corrected chi connectivity index (χ3v) is 13.1. The lowest BCUT2D eigenvalue weighted by Gasteiger charge is -2.57. The molecule has 4 heteroatoms. The predicted molar refractivity (Wildman–Crippen MR) is 126 cm³/mol. The van der Waals surface area contributed by atoms with Gasteiger partial charge in [-0.1, -0.05) is 76.0 Å². The SMILES string of the molecule is CC1(C)S[C@](C)([Si](C)(C)C)O[C@H]2c3cccc(OCc4ccccc4)c3CC[C@H]21. The Morgan fingerprint density at radius 2 is 1.76 bits per heavy atom. The zero-order chi connectivity index (χ0) is 20.9. The van der Waals surface area contributed by atoms with Gasteiger partial charge in [0.2, 0.25) is 0 Å². The number of rotatable bonds is 4. The van der Waals surface area contributed by atoms with Crippen LogP contribution in [0.25, 0.3) is 0 Å². The maximum atomic E-state index is 6.99. The summed E-state index contributed by atoms with van der Waals surface area (Å²) >= 11 is 2.08. The molecule has 3 atom stereocenters. The Morgan fingerprint density at radius 1 is 1.03 bits per heavy atom. The van der Waals surface area contributed by atoms with Gasteiger partial charge in [-0.05, 0) is 42.5 Å². The summed E-state index contributed by atoms with van der Waals surface area (Å²) in [5.74, 6) is 1.56. The van der Waals surface area contributed by atoms with Crippen LogP contribution in [0.15, 0.2) is 48.5 Å². The molecule has 0 saturated carbocycles. The van der Waals surface area contributed by atoms with Crippen LogP contribution in [0.4, 0.5) is 0 Å². The molecule has 1 heterocycles.